The number of likely N-dealkylation sites (tertiary alicyclic amines) is 2. The Morgan fingerprint density at radius 1 is 1.19 bits per heavy atom. The quantitative estimate of drug-likeness (QED) is 0.785. The molecule has 2 fully saturated rings. The average molecular weight is 384 g/mol. The van der Waals surface area contributed by atoms with Crippen molar-refractivity contribution in [2.24, 2.45) is 5.41 Å². The predicted molar refractivity (Wildman–Crippen MR) is 110 cm³/mol. The summed E-state index contributed by atoms with van der Waals surface area (Å²) in [6, 6.07) is 9.10. The van der Waals surface area contributed by atoms with E-state index in [0.717, 1.165) is 39.1 Å². The van der Waals surface area contributed by atoms with Crippen molar-refractivity contribution in [1.29, 1.82) is 0 Å². The fourth-order valence-electron chi connectivity index (χ4n) is 4.63. The van der Waals surface area contributed by atoms with Gasteiger partial charge >= 0.3 is 0 Å². The molecule has 4 rings (SSSR count). The van der Waals surface area contributed by atoms with Gasteiger partial charge in [-0.1, -0.05) is 38.1 Å². The molecule has 0 saturated carbocycles. The molecule has 1 unspecified atom stereocenters. The zero-order chi connectivity index (χ0) is 18.9. The number of carbonyl (C=O) groups excluding carboxylic acids is 1. The van der Waals surface area contributed by atoms with Crippen LogP contribution in [0.3, 0.4) is 0 Å². The molecular formula is C22H29N3OS. The van der Waals surface area contributed by atoms with Gasteiger partial charge in [0.1, 0.15) is 5.69 Å². The number of amides is 1. The second kappa shape index (κ2) is 7.72. The van der Waals surface area contributed by atoms with Crippen LogP contribution in [0.5, 0.6) is 0 Å². The molecule has 4 nitrogen and oxygen atoms in total. The molecule has 144 valence electrons. The maximum atomic E-state index is 12.6. The van der Waals surface area contributed by atoms with Crippen LogP contribution in [0.25, 0.3) is 0 Å². The maximum Gasteiger partial charge on any atom is 0.273 e. The molecule has 2 saturated heterocycles. The first-order chi connectivity index (χ1) is 13.0. The van der Waals surface area contributed by atoms with Crippen LogP contribution in [-0.2, 0) is 6.54 Å². The molecule has 0 radical (unpaired) electrons. The van der Waals surface area contributed by atoms with E-state index in [-0.39, 0.29) is 11.3 Å². The van der Waals surface area contributed by atoms with Crippen LogP contribution in [0.4, 0.5) is 0 Å². The van der Waals surface area contributed by atoms with Gasteiger partial charge in [0.15, 0.2) is 0 Å². The SMILES string of the molecule is CC(C)c1ccc(CN2CCCC3(CCN(C(=O)c4cscn4)C3)C2)cc1. The molecule has 5 heteroatoms. The van der Waals surface area contributed by atoms with Gasteiger partial charge in [-0.3, -0.25) is 9.69 Å². The summed E-state index contributed by atoms with van der Waals surface area (Å²) in [6.45, 7) is 9.50. The fourth-order valence-corrected chi connectivity index (χ4v) is 5.16. The van der Waals surface area contributed by atoms with Crippen molar-refractivity contribution in [2.45, 2.75) is 45.6 Å². The summed E-state index contributed by atoms with van der Waals surface area (Å²) in [6.07, 6.45) is 3.57. The van der Waals surface area contributed by atoms with Crippen molar-refractivity contribution >= 4 is 17.2 Å². The van der Waals surface area contributed by atoms with Gasteiger partial charge in [0.25, 0.3) is 5.91 Å². The van der Waals surface area contributed by atoms with Gasteiger partial charge in [0, 0.05) is 37.0 Å². The highest BCUT2D eigenvalue weighted by Gasteiger charge is 2.43. The van der Waals surface area contributed by atoms with Crippen molar-refractivity contribution < 1.29 is 4.79 Å². The Kier molecular flexibility index (Phi) is 5.33. The van der Waals surface area contributed by atoms with Crippen molar-refractivity contribution in [1.82, 2.24) is 14.8 Å². The number of nitrogens with zero attached hydrogens (tertiary/aromatic N) is 3. The van der Waals surface area contributed by atoms with Crippen molar-refractivity contribution in [2.75, 3.05) is 26.2 Å². The Labute approximate surface area is 166 Å². The number of thiazole rings is 1. The lowest BCUT2D eigenvalue weighted by Crippen LogP contribution is -2.45. The van der Waals surface area contributed by atoms with E-state index in [9.17, 15) is 4.79 Å². The maximum absolute atomic E-state index is 12.6. The van der Waals surface area contributed by atoms with E-state index in [2.05, 4.69) is 48.0 Å². The summed E-state index contributed by atoms with van der Waals surface area (Å²) in [5.41, 5.74) is 5.41. The minimum Gasteiger partial charge on any atom is -0.337 e. The molecule has 1 spiro atoms. The molecule has 1 atom stereocenters. The molecule has 27 heavy (non-hydrogen) atoms. The lowest BCUT2D eigenvalue weighted by molar-refractivity contribution is 0.0671. The van der Waals surface area contributed by atoms with Crippen LogP contribution in [0.1, 0.15) is 60.6 Å². The highest BCUT2D eigenvalue weighted by atomic mass is 32.1. The third kappa shape index (κ3) is 4.09. The predicted octanol–water partition coefficient (Wildman–Crippen LogP) is 4.39. The molecule has 1 aromatic heterocycles. The number of carbonyl (C=O) groups is 1. The van der Waals surface area contributed by atoms with Crippen LogP contribution in [0, 0.1) is 5.41 Å². The molecule has 0 N–H and O–H groups in total. The Bertz CT molecular complexity index is 771. The van der Waals surface area contributed by atoms with E-state index in [1.807, 2.05) is 10.3 Å². The number of rotatable bonds is 4. The molecule has 2 aromatic rings. The van der Waals surface area contributed by atoms with Crippen LogP contribution in [0.2, 0.25) is 0 Å². The third-order valence-corrected chi connectivity index (χ3v) is 6.76. The van der Waals surface area contributed by atoms with E-state index in [4.69, 9.17) is 0 Å². The molecule has 2 aliphatic heterocycles. The van der Waals surface area contributed by atoms with Gasteiger partial charge in [-0.2, -0.15) is 0 Å². The van der Waals surface area contributed by atoms with Crippen LogP contribution in [-0.4, -0.2) is 46.9 Å². The minimum atomic E-state index is 0.106. The zero-order valence-electron chi connectivity index (χ0n) is 16.4. The average Bonchev–Trinajstić information content (AvgIpc) is 3.32. The first-order valence-corrected chi connectivity index (χ1v) is 11.0. The molecular weight excluding hydrogens is 354 g/mol. The number of piperidine rings is 1. The van der Waals surface area contributed by atoms with Gasteiger partial charge in [-0.25, -0.2) is 4.98 Å². The summed E-state index contributed by atoms with van der Waals surface area (Å²) in [5, 5.41) is 1.86. The summed E-state index contributed by atoms with van der Waals surface area (Å²) in [4.78, 5) is 21.5. The Hall–Kier alpha value is -1.72. The second-order valence-corrected chi connectivity index (χ2v) is 9.28. The van der Waals surface area contributed by atoms with Gasteiger partial charge in [0.2, 0.25) is 0 Å². The normalized spacial score (nSPS) is 23.4. The van der Waals surface area contributed by atoms with Crippen molar-refractivity contribution in [3.05, 3.63) is 52.0 Å². The Morgan fingerprint density at radius 3 is 2.70 bits per heavy atom. The summed E-state index contributed by atoms with van der Waals surface area (Å²) < 4.78 is 0. The van der Waals surface area contributed by atoms with E-state index in [1.165, 1.54) is 35.3 Å². The molecule has 2 aliphatic rings. The van der Waals surface area contributed by atoms with Crippen LogP contribution in [0.15, 0.2) is 35.2 Å². The first kappa shape index (κ1) is 18.6. The van der Waals surface area contributed by atoms with Crippen LogP contribution < -0.4 is 0 Å². The van der Waals surface area contributed by atoms with Crippen molar-refractivity contribution in [3.63, 3.8) is 0 Å². The summed E-state index contributed by atoms with van der Waals surface area (Å²) in [7, 11) is 0. The number of hydrogen-bond donors (Lipinski definition) is 0. The lowest BCUT2D eigenvalue weighted by atomic mass is 9.79. The molecule has 0 bridgehead atoms. The van der Waals surface area contributed by atoms with Crippen molar-refractivity contribution in [3.8, 4) is 0 Å². The van der Waals surface area contributed by atoms with Gasteiger partial charge in [-0.15, -0.1) is 11.3 Å². The molecule has 1 aromatic carbocycles. The molecule has 1 amide bonds. The van der Waals surface area contributed by atoms with E-state index in [1.54, 1.807) is 5.51 Å². The Morgan fingerprint density at radius 2 is 2.00 bits per heavy atom. The summed E-state index contributed by atoms with van der Waals surface area (Å²) >= 11 is 1.49. The van der Waals surface area contributed by atoms with Crippen LogP contribution >= 0.6 is 11.3 Å². The topological polar surface area (TPSA) is 36.4 Å². The minimum absolute atomic E-state index is 0.106. The number of hydrogen-bond acceptors (Lipinski definition) is 4. The Balaban J connectivity index is 1.38. The fraction of sp³-hybridized carbons (Fsp3) is 0.545. The zero-order valence-corrected chi connectivity index (χ0v) is 17.2. The monoisotopic (exact) mass is 383 g/mol. The number of aromatic nitrogens is 1. The summed E-state index contributed by atoms with van der Waals surface area (Å²) in [5.74, 6) is 0.687. The van der Waals surface area contributed by atoms with Gasteiger partial charge < -0.3 is 4.90 Å². The number of benzene rings is 1. The van der Waals surface area contributed by atoms with E-state index < -0.39 is 0 Å². The largest absolute Gasteiger partial charge is 0.337 e. The standard InChI is InChI=1S/C22H29N3OS/c1-17(2)19-6-4-18(5-7-19)12-24-10-3-8-22(14-24)9-11-25(15-22)21(26)20-13-27-16-23-20/h4-7,13,16-17H,3,8-12,14-15H2,1-2H3. The van der Waals surface area contributed by atoms with E-state index in [0.29, 0.717) is 11.6 Å². The van der Waals surface area contributed by atoms with Gasteiger partial charge in [0.05, 0.1) is 5.51 Å². The second-order valence-electron chi connectivity index (χ2n) is 8.56. The molecule has 0 aliphatic carbocycles. The molecule has 3 heterocycles. The lowest BCUT2D eigenvalue weighted by Gasteiger charge is -2.40. The highest BCUT2D eigenvalue weighted by molar-refractivity contribution is 7.07. The first-order valence-electron chi connectivity index (χ1n) is 10.0. The highest BCUT2D eigenvalue weighted by Crippen LogP contribution is 2.39. The third-order valence-electron chi connectivity index (χ3n) is 6.17. The van der Waals surface area contributed by atoms with E-state index >= 15 is 0 Å². The smallest absolute Gasteiger partial charge is 0.273 e. The van der Waals surface area contributed by atoms with Gasteiger partial charge in [-0.05, 0) is 42.9 Å².